The Balaban J connectivity index is 1.28. The summed E-state index contributed by atoms with van der Waals surface area (Å²) in [7, 11) is 0. The molecule has 0 spiro atoms. The van der Waals surface area contributed by atoms with Crippen LogP contribution < -0.4 is 0 Å². The molecule has 3 aromatic heterocycles. The number of thioether (sulfide) groups is 2. The SMILES string of the molecule is CC(C)c1ccc(CSc2nnc(SCc3cc(-c4ccco4)on3)s2)cc1. The fraction of sp³-hybridized carbons (Fsp3) is 0.250. The molecule has 0 aliphatic carbocycles. The molecule has 0 unspecified atom stereocenters. The molecule has 0 N–H and O–H groups in total. The summed E-state index contributed by atoms with van der Waals surface area (Å²) in [4.78, 5) is 0. The van der Waals surface area contributed by atoms with E-state index in [9.17, 15) is 0 Å². The molecule has 3 heterocycles. The van der Waals surface area contributed by atoms with E-state index in [-0.39, 0.29) is 0 Å². The second kappa shape index (κ2) is 8.98. The molecule has 4 aromatic rings. The van der Waals surface area contributed by atoms with Gasteiger partial charge in [0, 0.05) is 17.6 Å². The largest absolute Gasteiger partial charge is 0.461 e. The molecule has 28 heavy (non-hydrogen) atoms. The summed E-state index contributed by atoms with van der Waals surface area (Å²) in [6.45, 7) is 4.42. The van der Waals surface area contributed by atoms with E-state index in [1.54, 1.807) is 41.1 Å². The Morgan fingerprint density at radius 1 is 0.964 bits per heavy atom. The minimum Gasteiger partial charge on any atom is -0.461 e. The summed E-state index contributed by atoms with van der Waals surface area (Å²) in [5.74, 6) is 3.45. The molecule has 0 aliphatic heterocycles. The highest BCUT2D eigenvalue weighted by molar-refractivity contribution is 8.02. The monoisotopic (exact) mass is 429 g/mol. The van der Waals surface area contributed by atoms with Gasteiger partial charge in [-0.15, -0.1) is 10.2 Å². The Morgan fingerprint density at radius 3 is 2.39 bits per heavy atom. The van der Waals surface area contributed by atoms with Crippen LogP contribution in [0.2, 0.25) is 0 Å². The molecule has 0 saturated heterocycles. The predicted molar refractivity (Wildman–Crippen MR) is 114 cm³/mol. The maximum Gasteiger partial charge on any atom is 0.202 e. The van der Waals surface area contributed by atoms with Gasteiger partial charge in [-0.05, 0) is 29.2 Å². The van der Waals surface area contributed by atoms with Crippen LogP contribution >= 0.6 is 34.9 Å². The van der Waals surface area contributed by atoms with Gasteiger partial charge in [0.25, 0.3) is 0 Å². The van der Waals surface area contributed by atoms with Crippen LogP contribution in [0.5, 0.6) is 0 Å². The van der Waals surface area contributed by atoms with Crippen LogP contribution in [-0.4, -0.2) is 15.4 Å². The number of aromatic nitrogens is 3. The first-order valence-electron chi connectivity index (χ1n) is 8.85. The fourth-order valence-corrected chi connectivity index (χ4v) is 5.36. The molecule has 0 bridgehead atoms. The van der Waals surface area contributed by atoms with E-state index < -0.39 is 0 Å². The summed E-state index contributed by atoms with van der Waals surface area (Å²) in [6, 6.07) is 14.4. The number of furan rings is 1. The third kappa shape index (κ3) is 4.87. The number of rotatable bonds is 8. The molecule has 144 valence electrons. The molecule has 0 fully saturated rings. The summed E-state index contributed by atoms with van der Waals surface area (Å²) in [5, 5.41) is 12.6. The highest BCUT2D eigenvalue weighted by Gasteiger charge is 2.11. The highest BCUT2D eigenvalue weighted by atomic mass is 32.2. The van der Waals surface area contributed by atoms with E-state index in [4.69, 9.17) is 8.94 Å². The van der Waals surface area contributed by atoms with Crippen LogP contribution in [0.25, 0.3) is 11.5 Å². The average molecular weight is 430 g/mol. The van der Waals surface area contributed by atoms with Crippen molar-refractivity contribution in [1.29, 1.82) is 0 Å². The van der Waals surface area contributed by atoms with E-state index >= 15 is 0 Å². The zero-order valence-corrected chi connectivity index (χ0v) is 17.9. The topological polar surface area (TPSA) is 65.0 Å². The molecule has 0 amide bonds. The number of benzene rings is 1. The van der Waals surface area contributed by atoms with Crippen LogP contribution in [0.15, 0.2) is 66.3 Å². The second-order valence-corrected chi connectivity index (χ2v) is 9.89. The molecule has 1 aromatic carbocycles. The molecule has 0 radical (unpaired) electrons. The van der Waals surface area contributed by atoms with Crippen LogP contribution in [0.4, 0.5) is 0 Å². The Morgan fingerprint density at radius 2 is 1.71 bits per heavy atom. The van der Waals surface area contributed by atoms with Crippen molar-refractivity contribution >= 4 is 34.9 Å². The van der Waals surface area contributed by atoms with Crippen molar-refractivity contribution in [2.24, 2.45) is 0 Å². The number of nitrogens with zero attached hydrogens (tertiary/aromatic N) is 3. The van der Waals surface area contributed by atoms with Crippen LogP contribution in [0.3, 0.4) is 0 Å². The summed E-state index contributed by atoms with van der Waals surface area (Å²) >= 11 is 4.94. The van der Waals surface area contributed by atoms with Gasteiger partial charge in [0.1, 0.15) is 0 Å². The maximum absolute atomic E-state index is 5.32. The first kappa shape index (κ1) is 19.3. The lowest BCUT2D eigenvalue weighted by Gasteiger charge is -2.05. The third-order valence-electron chi connectivity index (χ3n) is 4.06. The van der Waals surface area contributed by atoms with Crippen LogP contribution in [0, 0.1) is 0 Å². The van der Waals surface area contributed by atoms with Crippen molar-refractivity contribution in [3.8, 4) is 11.5 Å². The first-order chi connectivity index (χ1) is 13.7. The van der Waals surface area contributed by atoms with Gasteiger partial charge in [0.15, 0.2) is 14.4 Å². The number of hydrogen-bond acceptors (Lipinski definition) is 8. The van der Waals surface area contributed by atoms with Gasteiger partial charge in [-0.25, -0.2) is 0 Å². The van der Waals surface area contributed by atoms with Gasteiger partial charge in [0.2, 0.25) is 5.76 Å². The first-order valence-corrected chi connectivity index (χ1v) is 11.6. The normalized spacial score (nSPS) is 11.4. The molecular weight excluding hydrogens is 410 g/mol. The minimum absolute atomic E-state index is 0.560. The van der Waals surface area contributed by atoms with Gasteiger partial charge in [0.05, 0.1) is 12.0 Å². The lowest BCUT2D eigenvalue weighted by Crippen LogP contribution is -1.87. The van der Waals surface area contributed by atoms with Crippen molar-refractivity contribution in [1.82, 2.24) is 15.4 Å². The van der Waals surface area contributed by atoms with E-state index in [2.05, 4.69) is 53.5 Å². The third-order valence-corrected chi connectivity index (χ3v) is 7.36. The van der Waals surface area contributed by atoms with Gasteiger partial charge < -0.3 is 8.94 Å². The molecule has 0 aliphatic rings. The molecule has 0 saturated carbocycles. The smallest absolute Gasteiger partial charge is 0.202 e. The summed E-state index contributed by atoms with van der Waals surface area (Å²) in [5.41, 5.74) is 3.52. The summed E-state index contributed by atoms with van der Waals surface area (Å²) in [6.07, 6.45) is 1.62. The molecule has 8 heteroatoms. The van der Waals surface area contributed by atoms with Crippen molar-refractivity contribution < 1.29 is 8.94 Å². The predicted octanol–water partition coefficient (Wildman–Crippen LogP) is 6.49. The maximum atomic E-state index is 5.32. The van der Waals surface area contributed by atoms with Crippen LogP contribution in [0.1, 0.15) is 36.6 Å². The Kier molecular flexibility index (Phi) is 6.19. The fourth-order valence-electron chi connectivity index (χ4n) is 2.51. The van der Waals surface area contributed by atoms with Gasteiger partial charge in [-0.2, -0.15) is 0 Å². The standard InChI is InChI=1S/C20H19N3O2S3/c1-13(2)15-7-5-14(6-8-15)11-26-19-21-22-20(28-19)27-12-16-10-18(25-23-16)17-4-3-9-24-17/h3-10,13H,11-12H2,1-2H3. The highest BCUT2D eigenvalue weighted by Crippen LogP contribution is 2.33. The van der Waals surface area contributed by atoms with E-state index in [1.807, 2.05) is 18.2 Å². The van der Waals surface area contributed by atoms with Crippen molar-refractivity contribution in [2.45, 2.75) is 40.0 Å². The summed E-state index contributed by atoms with van der Waals surface area (Å²) < 4.78 is 12.5. The molecular formula is C20H19N3O2S3. The lowest BCUT2D eigenvalue weighted by molar-refractivity contribution is 0.413. The van der Waals surface area contributed by atoms with Crippen molar-refractivity contribution in [3.63, 3.8) is 0 Å². The van der Waals surface area contributed by atoms with E-state index in [1.165, 1.54) is 11.1 Å². The minimum atomic E-state index is 0.560. The number of hydrogen-bond donors (Lipinski definition) is 0. The van der Waals surface area contributed by atoms with Gasteiger partial charge in [-0.1, -0.05) is 78.1 Å². The van der Waals surface area contributed by atoms with E-state index in [0.29, 0.717) is 23.2 Å². The zero-order chi connectivity index (χ0) is 19.3. The molecule has 0 atom stereocenters. The lowest BCUT2D eigenvalue weighted by atomic mass is 10.0. The second-order valence-electron chi connectivity index (χ2n) is 6.47. The van der Waals surface area contributed by atoms with Gasteiger partial charge >= 0.3 is 0 Å². The molecule has 5 nitrogen and oxygen atoms in total. The van der Waals surface area contributed by atoms with Crippen LogP contribution in [-0.2, 0) is 11.5 Å². The van der Waals surface area contributed by atoms with Gasteiger partial charge in [-0.3, -0.25) is 0 Å². The quantitative estimate of drug-likeness (QED) is 0.296. The van der Waals surface area contributed by atoms with Crippen molar-refractivity contribution in [2.75, 3.05) is 0 Å². The molecule has 4 rings (SSSR count). The Bertz CT molecular complexity index is 1010. The van der Waals surface area contributed by atoms with E-state index in [0.717, 1.165) is 20.1 Å². The zero-order valence-electron chi connectivity index (χ0n) is 15.5. The van der Waals surface area contributed by atoms with Crippen molar-refractivity contribution in [3.05, 3.63) is 65.5 Å². The Labute approximate surface area is 175 Å². The average Bonchev–Trinajstić information content (AvgIpc) is 3.46. The Hall–Kier alpha value is -2.03.